The van der Waals surface area contributed by atoms with E-state index in [0.717, 1.165) is 25.9 Å². The first-order valence-corrected chi connectivity index (χ1v) is 6.48. The third-order valence-corrected chi connectivity index (χ3v) is 2.81. The fraction of sp³-hybridized carbons (Fsp3) is 0.833. The smallest absolute Gasteiger partial charge is 0.315 e. The van der Waals surface area contributed by atoms with Crippen LogP contribution in [0.3, 0.4) is 0 Å². The molecule has 0 aliphatic carbocycles. The molecular weight excluding hydrogens is 216 g/mol. The number of nitrogens with zero attached hydrogens (tertiary/aromatic N) is 2. The van der Waals surface area contributed by atoms with Gasteiger partial charge >= 0.3 is 6.01 Å². The number of rotatable bonds is 8. The Hall–Kier alpha value is -1.10. The first-order valence-electron chi connectivity index (χ1n) is 6.48. The number of anilines is 1. The average Bonchev–Trinajstić information content (AvgIpc) is 2.81. The summed E-state index contributed by atoms with van der Waals surface area (Å²) in [6.07, 6.45) is 2.24. The Balaban J connectivity index is 2.41. The molecule has 0 aliphatic heterocycles. The molecule has 0 amide bonds. The van der Waals surface area contributed by atoms with Crippen LogP contribution in [0.2, 0.25) is 0 Å². The Morgan fingerprint density at radius 2 is 2.00 bits per heavy atom. The molecule has 1 heterocycles. The van der Waals surface area contributed by atoms with E-state index in [9.17, 15) is 0 Å². The maximum absolute atomic E-state index is 5.54. The van der Waals surface area contributed by atoms with Gasteiger partial charge in [-0.05, 0) is 25.8 Å². The van der Waals surface area contributed by atoms with Crippen LogP contribution in [-0.4, -0.2) is 23.3 Å². The number of nitrogens with one attached hydrogen (secondary N) is 2. The fourth-order valence-corrected chi connectivity index (χ4v) is 1.34. The van der Waals surface area contributed by atoms with Crippen molar-refractivity contribution in [3.05, 3.63) is 5.89 Å². The topological polar surface area (TPSA) is 63.0 Å². The van der Waals surface area contributed by atoms with E-state index in [1.807, 2.05) is 6.92 Å². The van der Waals surface area contributed by atoms with Gasteiger partial charge in [-0.1, -0.05) is 32.3 Å². The van der Waals surface area contributed by atoms with Gasteiger partial charge in [0.05, 0.1) is 6.04 Å². The van der Waals surface area contributed by atoms with Crippen LogP contribution in [0.15, 0.2) is 4.42 Å². The van der Waals surface area contributed by atoms with Gasteiger partial charge in [-0.3, -0.25) is 0 Å². The summed E-state index contributed by atoms with van der Waals surface area (Å²) in [5.74, 6) is 1.26. The maximum Gasteiger partial charge on any atom is 0.315 e. The molecule has 2 N–H and O–H groups in total. The van der Waals surface area contributed by atoms with Crippen LogP contribution in [0.1, 0.15) is 52.5 Å². The van der Waals surface area contributed by atoms with Gasteiger partial charge in [-0.2, -0.15) is 0 Å². The Bertz CT molecular complexity index is 313. The van der Waals surface area contributed by atoms with Gasteiger partial charge < -0.3 is 15.1 Å². The summed E-state index contributed by atoms with van der Waals surface area (Å²) in [5.41, 5.74) is 0. The highest BCUT2D eigenvalue weighted by atomic mass is 16.4. The lowest BCUT2D eigenvalue weighted by atomic mass is 10.1. The second-order valence-corrected chi connectivity index (χ2v) is 4.52. The third-order valence-electron chi connectivity index (χ3n) is 2.81. The fourth-order valence-electron chi connectivity index (χ4n) is 1.34. The number of hydrogen-bond acceptors (Lipinski definition) is 5. The maximum atomic E-state index is 5.54. The normalized spacial score (nSPS) is 14.6. The molecule has 0 aromatic carbocycles. The van der Waals surface area contributed by atoms with E-state index in [0.29, 0.717) is 17.8 Å². The van der Waals surface area contributed by atoms with Gasteiger partial charge in [0, 0.05) is 6.54 Å². The predicted molar refractivity (Wildman–Crippen MR) is 69.0 cm³/mol. The molecule has 5 nitrogen and oxygen atoms in total. The van der Waals surface area contributed by atoms with Gasteiger partial charge in [0.1, 0.15) is 0 Å². The zero-order valence-electron chi connectivity index (χ0n) is 11.3. The Morgan fingerprint density at radius 1 is 1.24 bits per heavy atom. The Morgan fingerprint density at radius 3 is 2.65 bits per heavy atom. The summed E-state index contributed by atoms with van der Waals surface area (Å²) in [6.45, 7) is 10.3. The molecule has 0 fully saturated rings. The van der Waals surface area contributed by atoms with E-state index < -0.39 is 0 Å². The third kappa shape index (κ3) is 4.73. The molecule has 98 valence electrons. The van der Waals surface area contributed by atoms with Gasteiger partial charge in [0.15, 0.2) is 0 Å². The second kappa shape index (κ2) is 7.27. The average molecular weight is 240 g/mol. The van der Waals surface area contributed by atoms with Gasteiger partial charge in [-0.15, -0.1) is 5.10 Å². The van der Waals surface area contributed by atoms with E-state index in [4.69, 9.17) is 4.42 Å². The molecule has 0 saturated carbocycles. The summed E-state index contributed by atoms with van der Waals surface area (Å²) in [5, 5.41) is 14.5. The molecule has 2 atom stereocenters. The minimum atomic E-state index is 0.113. The van der Waals surface area contributed by atoms with Crippen molar-refractivity contribution < 1.29 is 4.42 Å². The largest absolute Gasteiger partial charge is 0.406 e. The highest BCUT2D eigenvalue weighted by molar-refractivity contribution is 5.17. The minimum Gasteiger partial charge on any atom is -0.406 e. The lowest BCUT2D eigenvalue weighted by Crippen LogP contribution is -2.19. The minimum absolute atomic E-state index is 0.113. The van der Waals surface area contributed by atoms with Crippen LogP contribution < -0.4 is 10.6 Å². The lowest BCUT2D eigenvalue weighted by molar-refractivity contribution is 0.421. The van der Waals surface area contributed by atoms with Crippen molar-refractivity contribution in [2.45, 2.75) is 46.6 Å². The first-order chi connectivity index (χ1) is 8.17. The molecule has 0 bridgehead atoms. The molecule has 1 aromatic rings. The van der Waals surface area contributed by atoms with E-state index >= 15 is 0 Å². The van der Waals surface area contributed by atoms with Crippen molar-refractivity contribution in [2.24, 2.45) is 5.92 Å². The summed E-state index contributed by atoms with van der Waals surface area (Å²) in [7, 11) is 0. The molecule has 1 aromatic heterocycles. The Kier molecular flexibility index (Phi) is 5.97. The molecule has 1 rings (SSSR count). The lowest BCUT2D eigenvalue weighted by Gasteiger charge is -2.08. The van der Waals surface area contributed by atoms with Gasteiger partial charge in [-0.25, -0.2) is 0 Å². The number of aromatic nitrogens is 2. The highest BCUT2D eigenvalue weighted by Crippen LogP contribution is 2.14. The number of hydrogen-bond donors (Lipinski definition) is 2. The van der Waals surface area contributed by atoms with Crippen LogP contribution in [0.4, 0.5) is 6.01 Å². The Labute approximate surface area is 103 Å². The zero-order valence-corrected chi connectivity index (χ0v) is 11.3. The van der Waals surface area contributed by atoms with E-state index in [1.54, 1.807) is 0 Å². The SMILES string of the molecule is CCCNC(C)c1nnc(NCC(C)CC)o1. The van der Waals surface area contributed by atoms with E-state index in [1.165, 1.54) is 0 Å². The first kappa shape index (κ1) is 14.0. The highest BCUT2D eigenvalue weighted by Gasteiger charge is 2.12. The molecule has 17 heavy (non-hydrogen) atoms. The van der Waals surface area contributed by atoms with Crippen LogP contribution in [-0.2, 0) is 0 Å². The summed E-state index contributed by atoms with van der Waals surface area (Å²) >= 11 is 0. The molecule has 0 spiro atoms. The van der Waals surface area contributed by atoms with Crippen molar-refractivity contribution in [1.29, 1.82) is 0 Å². The van der Waals surface area contributed by atoms with Crippen LogP contribution >= 0.6 is 0 Å². The monoisotopic (exact) mass is 240 g/mol. The van der Waals surface area contributed by atoms with Gasteiger partial charge in [0.25, 0.3) is 0 Å². The van der Waals surface area contributed by atoms with Crippen molar-refractivity contribution in [3.8, 4) is 0 Å². The molecule has 5 heteroatoms. The molecule has 0 aliphatic rings. The van der Waals surface area contributed by atoms with Crippen molar-refractivity contribution >= 4 is 6.01 Å². The van der Waals surface area contributed by atoms with Crippen molar-refractivity contribution in [2.75, 3.05) is 18.4 Å². The van der Waals surface area contributed by atoms with Gasteiger partial charge in [0.2, 0.25) is 5.89 Å². The van der Waals surface area contributed by atoms with Crippen molar-refractivity contribution in [3.63, 3.8) is 0 Å². The van der Waals surface area contributed by atoms with E-state index in [-0.39, 0.29) is 6.04 Å². The molecule has 0 radical (unpaired) electrons. The molecule has 2 unspecified atom stereocenters. The quantitative estimate of drug-likeness (QED) is 0.731. The predicted octanol–water partition coefficient (Wildman–Crippen LogP) is 2.59. The summed E-state index contributed by atoms with van der Waals surface area (Å²) < 4.78 is 5.54. The standard InChI is InChI=1S/C12H24N4O/c1-5-7-13-10(4)11-15-16-12(17-11)14-8-9(3)6-2/h9-10,13H,5-8H2,1-4H3,(H,14,16). The summed E-state index contributed by atoms with van der Waals surface area (Å²) in [4.78, 5) is 0. The van der Waals surface area contributed by atoms with Crippen LogP contribution in [0.5, 0.6) is 0 Å². The molecule has 0 saturated heterocycles. The second-order valence-electron chi connectivity index (χ2n) is 4.52. The van der Waals surface area contributed by atoms with E-state index in [2.05, 4.69) is 41.6 Å². The van der Waals surface area contributed by atoms with Crippen molar-refractivity contribution in [1.82, 2.24) is 15.5 Å². The van der Waals surface area contributed by atoms with Crippen LogP contribution in [0, 0.1) is 5.92 Å². The summed E-state index contributed by atoms with van der Waals surface area (Å²) in [6, 6.07) is 0.632. The zero-order chi connectivity index (χ0) is 12.7. The van der Waals surface area contributed by atoms with Crippen LogP contribution in [0.25, 0.3) is 0 Å². The molecular formula is C12H24N4O.